The molecule has 0 N–H and O–H groups in total. The molecule has 1 aromatic rings. The third kappa shape index (κ3) is 2.72. The van der Waals surface area contributed by atoms with Crippen molar-refractivity contribution in [3.05, 3.63) is 24.0 Å². The summed E-state index contributed by atoms with van der Waals surface area (Å²) in [5, 5.41) is 0. The zero-order valence-electron chi connectivity index (χ0n) is 8.58. The van der Waals surface area contributed by atoms with Gasteiger partial charge in [0, 0.05) is 24.4 Å². The molecule has 13 heavy (non-hydrogen) atoms. The molecule has 1 heterocycles. The van der Waals surface area contributed by atoms with E-state index in [9.17, 15) is 4.79 Å². The van der Waals surface area contributed by atoms with Crippen molar-refractivity contribution in [2.24, 2.45) is 5.92 Å². The van der Waals surface area contributed by atoms with E-state index < -0.39 is 0 Å². The number of nitrogens with zero attached hydrogens (tertiary/aromatic N) is 1. The van der Waals surface area contributed by atoms with E-state index in [0.29, 0.717) is 0 Å². The van der Waals surface area contributed by atoms with Gasteiger partial charge in [0.15, 0.2) is 0 Å². The van der Waals surface area contributed by atoms with E-state index >= 15 is 0 Å². The minimum Gasteiger partial charge on any atom is -0.352 e. The summed E-state index contributed by atoms with van der Waals surface area (Å²) in [6.45, 7) is 6.67. The topological polar surface area (TPSA) is 22.0 Å². The lowest BCUT2D eigenvalue weighted by Gasteiger charge is -2.09. The van der Waals surface area contributed by atoms with Crippen molar-refractivity contribution in [2.75, 3.05) is 0 Å². The second-order valence-electron chi connectivity index (χ2n) is 3.64. The fourth-order valence-corrected chi connectivity index (χ4v) is 1.29. The van der Waals surface area contributed by atoms with Gasteiger partial charge in [0.1, 0.15) is 5.78 Å². The predicted octanol–water partition coefficient (Wildman–Crippen LogP) is 2.41. The standard InChI is InChI=1S/C11H17NO/c1-9(11(3)13)6-8-12-7-4-5-10(12)2/h4-5,7,9H,6,8H2,1-3H3. The molecule has 0 amide bonds. The normalized spacial score (nSPS) is 12.8. The van der Waals surface area contributed by atoms with Crippen molar-refractivity contribution in [2.45, 2.75) is 33.7 Å². The van der Waals surface area contributed by atoms with Crippen LogP contribution >= 0.6 is 0 Å². The summed E-state index contributed by atoms with van der Waals surface area (Å²) in [5.74, 6) is 0.464. The Morgan fingerprint density at radius 1 is 1.62 bits per heavy atom. The van der Waals surface area contributed by atoms with Crippen LogP contribution < -0.4 is 0 Å². The summed E-state index contributed by atoms with van der Waals surface area (Å²) < 4.78 is 2.18. The quantitative estimate of drug-likeness (QED) is 0.695. The highest BCUT2D eigenvalue weighted by atomic mass is 16.1. The van der Waals surface area contributed by atoms with E-state index in [-0.39, 0.29) is 11.7 Å². The Balaban J connectivity index is 2.44. The van der Waals surface area contributed by atoms with Crippen LogP contribution in [-0.2, 0) is 11.3 Å². The lowest BCUT2D eigenvalue weighted by Crippen LogP contribution is -2.10. The van der Waals surface area contributed by atoms with Gasteiger partial charge in [-0.05, 0) is 32.4 Å². The van der Waals surface area contributed by atoms with E-state index in [1.54, 1.807) is 6.92 Å². The molecule has 1 unspecified atom stereocenters. The SMILES string of the molecule is CC(=O)C(C)CCn1cccc1C. The second kappa shape index (κ2) is 4.26. The number of carbonyl (C=O) groups excluding carboxylic acids is 1. The number of hydrogen-bond donors (Lipinski definition) is 0. The van der Waals surface area contributed by atoms with Crippen LogP contribution in [0.5, 0.6) is 0 Å². The molecule has 0 aliphatic heterocycles. The molecule has 0 saturated carbocycles. The molecule has 0 bridgehead atoms. The van der Waals surface area contributed by atoms with Crippen molar-refractivity contribution < 1.29 is 4.79 Å². The summed E-state index contributed by atoms with van der Waals surface area (Å²) in [7, 11) is 0. The smallest absolute Gasteiger partial charge is 0.132 e. The highest BCUT2D eigenvalue weighted by molar-refractivity contribution is 5.77. The number of ketones is 1. The number of hydrogen-bond acceptors (Lipinski definition) is 1. The Hall–Kier alpha value is -1.05. The first-order chi connectivity index (χ1) is 6.11. The van der Waals surface area contributed by atoms with Gasteiger partial charge in [-0.2, -0.15) is 0 Å². The monoisotopic (exact) mass is 179 g/mol. The number of Topliss-reactive ketones (excluding diaryl/α,β-unsaturated/α-hetero) is 1. The zero-order valence-corrected chi connectivity index (χ0v) is 8.58. The summed E-state index contributed by atoms with van der Waals surface area (Å²) in [4.78, 5) is 11.0. The fraction of sp³-hybridized carbons (Fsp3) is 0.545. The first-order valence-corrected chi connectivity index (χ1v) is 4.73. The van der Waals surface area contributed by atoms with Gasteiger partial charge in [0.05, 0.1) is 0 Å². The van der Waals surface area contributed by atoms with Gasteiger partial charge in [-0.25, -0.2) is 0 Å². The summed E-state index contributed by atoms with van der Waals surface area (Å²) in [6, 6.07) is 4.12. The molecule has 0 fully saturated rings. The molecule has 1 atom stereocenters. The fourth-order valence-electron chi connectivity index (χ4n) is 1.29. The van der Waals surface area contributed by atoms with Gasteiger partial charge in [-0.1, -0.05) is 6.92 Å². The number of aromatic nitrogens is 1. The van der Waals surface area contributed by atoms with Gasteiger partial charge < -0.3 is 4.57 Å². The molecule has 1 aromatic heterocycles. The van der Waals surface area contributed by atoms with Crippen LogP contribution in [0.4, 0.5) is 0 Å². The second-order valence-corrected chi connectivity index (χ2v) is 3.64. The molecule has 0 aliphatic rings. The first kappa shape index (κ1) is 10.0. The maximum atomic E-state index is 11.0. The van der Waals surface area contributed by atoms with Crippen LogP contribution in [0.15, 0.2) is 18.3 Å². The van der Waals surface area contributed by atoms with Gasteiger partial charge in [0.25, 0.3) is 0 Å². The zero-order chi connectivity index (χ0) is 9.84. The third-order valence-corrected chi connectivity index (χ3v) is 2.55. The minimum absolute atomic E-state index is 0.182. The van der Waals surface area contributed by atoms with Crippen molar-refractivity contribution in [3.63, 3.8) is 0 Å². The average Bonchev–Trinajstić information content (AvgIpc) is 2.47. The molecule has 72 valence electrons. The van der Waals surface area contributed by atoms with Crippen LogP contribution in [0.2, 0.25) is 0 Å². The van der Waals surface area contributed by atoms with Gasteiger partial charge >= 0.3 is 0 Å². The molecule has 0 saturated heterocycles. The minimum atomic E-state index is 0.182. The van der Waals surface area contributed by atoms with E-state index in [1.807, 2.05) is 13.0 Å². The molecule has 0 spiro atoms. The van der Waals surface area contributed by atoms with Gasteiger partial charge in [-0.15, -0.1) is 0 Å². The summed E-state index contributed by atoms with van der Waals surface area (Å²) >= 11 is 0. The lowest BCUT2D eigenvalue weighted by molar-refractivity contribution is -0.120. The van der Waals surface area contributed by atoms with Crippen LogP contribution in [-0.4, -0.2) is 10.4 Å². The predicted molar refractivity (Wildman–Crippen MR) is 53.6 cm³/mol. The summed E-state index contributed by atoms with van der Waals surface area (Å²) in [5.41, 5.74) is 1.26. The van der Waals surface area contributed by atoms with Crippen LogP contribution in [0.1, 0.15) is 26.0 Å². The largest absolute Gasteiger partial charge is 0.352 e. The summed E-state index contributed by atoms with van der Waals surface area (Å²) in [6.07, 6.45) is 2.99. The first-order valence-electron chi connectivity index (χ1n) is 4.73. The lowest BCUT2D eigenvalue weighted by atomic mass is 10.0. The maximum absolute atomic E-state index is 11.0. The molecule has 1 rings (SSSR count). The number of carbonyl (C=O) groups is 1. The Bertz CT molecular complexity index is 288. The van der Waals surface area contributed by atoms with E-state index in [2.05, 4.69) is 23.8 Å². The van der Waals surface area contributed by atoms with Crippen molar-refractivity contribution >= 4 is 5.78 Å². The number of rotatable bonds is 4. The highest BCUT2D eigenvalue weighted by Crippen LogP contribution is 2.08. The molecule has 0 aromatic carbocycles. The van der Waals surface area contributed by atoms with Crippen molar-refractivity contribution in [1.29, 1.82) is 0 Å². The van der Waals surface area contributed by atoms with E-state index in [1.165, 1.54) is 5.69 Å². The molecule has 2 heteroatoms. The van der Waals surface area contributed by atoms with E-state index in [4.69, 9.17) is 0 Å². The third-order valence-electron chi connectivity index (χ3n) is 2.55. The molecule has 0 aliphatic carbocycles. The van der Waals surface area contributed by atoms with Crippen LogP contribution in [0.25, 0.3) is 0 Å². The van der Waals surface area contributed by atoms with Crippen LogP contribution in [0.3, 0.4) is 0 Å². The van der Waals surface area contributed by atoms with Gasteiger partial charge in [-0.3, -0.25) is 4.79 Å². The molecule has 2 nitrogen and oxygen atoms in total. The Morgan fingerprint density at radius 3 is 2.77 bits per heavy atom. The Kier molecular flexibility index (Phi) is 3.29. The van der Waals surface area contributed by atoms with Gasteiger partial charge in [0.2, 0.25) is 0 Å². The average molecular weight is 179 g/mol. The van der Waals surface area contributed by atoms with E-state index in [0.717, 1.165) is 13.0 Å². The number of aryl methyl sites for hydroxylation is 2. The van der Waals surface area contributed by atoms with Crippen molar-refractivity contribution in [1.82, 2.24) is 4.57 Å². The maximum Gasteiger partial charge on any atom is 0.132 e. The van der Waals surface area contributed by atoms with Crippen molar-refractivity contribution in [3.8, 4) is 0 Å². The molecule has 0 radical (unpaired) electrons. The highest BCUT2D eigenvalue weighted by Gasteiger charge is 2.07. The molecular weight excluding hydrogens is 162 g/mol. The Labute approximate surface area is 79.6 Å². The molecular formula is C11H17NO. The Morgan fingerprint density at radius 2 is 2.31 bits per heavy atom. The van der Waals surface area contributed by atoms with Crippen LogP contribution in [0, 0.1) is 12.8 Å².